The van der Waals surface area contributed by atoms with Gasteiger partial charge in [0.2, 0.25) is 0 Å². The predicted octanol–water partition coefficient (Wildman–Crippen LogP) is 6.14. The summed E-state index contributed by atoms with van der Waals surface area (Å²) < 4.78 is 0. The van der Waals surface area contributed by atoms with Gasteiger partial charge < -0.3 is 4.90 Å². The van der Waals surface area contributed by atoms with E-state index in [0.717, 1.165) is 32.7 Å². The summed E-state index contributed by atoms with van der Waals surface area (Å²) in [6, 6.07) is 30.3. The zero-order valence-corrected chi connectivity index (χ0v) is 20.9. The SMILES string of the molecule is CCN(CC)c1ccc2c(c1)CCN(C1CCN(C(c3ccccc3)c3ccccc3)CC1)C2. The van der Waals surface area contributed by atoms with Gasteiger partial charge in [-0.05, 0) is 67.5 Å². The second-order valence-corrected chi connectivity index (χ2v) is 9.84. The van der Waals surface area contributed by atoms with Gasteiger partial charge in [0.05, 0.1) is 6.04 Å². The quantitative estimate of drug-likeness (QED) is 0.425. The third-order valence-corrected chi connectivity index (χ3v) is 7.97. The van der Waals surface area contributed by atoms with Gasteiger partial charge in [-0.25, -0.2) is 0 Å². The van der Waals surface area contributed by atoms with Crippen LogP contribution in [-0.2, 0) is 13.0 Å². The number of piperidine rings is 1. The molecule has 1 saturated heterocycles. The maximum atomic E-state index is 2.76. The summed E-state index contributed by atoms with van der Waals surface area (Å²) >= 11 is 0. The normalized spacial score (nSPS) is 17.6. The van der Waals surface area contributed by atoms with Crippen LogP contribution in [0.4, 0.5) is 5.69 Å². The van der Waals surface area contributed by atoms with E-state index >= 15 is 0 Å². The Bertz CT molecular complexity index is 997. The summed E-state index contributed by atoms with van der Waals surface area (Å²) in [7, 11) is 0. The van der Waals surface area contributed by atoms with Gasteiger partial charge in [-0.3, -0.25) is 9.80 Å². The highest BCUT2D eigenvalue weighted by Crippen LogP contribution is 2.33. The van der Waals surface area contributed by atoms with Gasteiger partial charge in [-0.2, -0.15) is 0 Å². The van der Waals surface area contributed by atoms with E-state index in [2.05, 4.69) is 107 Å². The van der Waals surface area contributed by atoms with E-state index < -0.39 is 0 Å². The fraction of sp³-hybridized carbons (Fsp3) is 0.419. The summed E-state index contributed by atoms with van der Waals surface area (Å²) in [5.74, 6) is 0. The van der Waals surface area contributed by atoms with Crippen molar-refractivity contribution < 1.29 is 0 Å². The first-order valence-corrected chi connectivity index (χ1v) is 13.2. The molecule has 0 aromatic heterocycles. The second-order valence-electron chi connectivity index (χ2n) is 9.84. The van der Waals surface area contributed by atoms with E-state index in [9.17, 15) is 0 Å². The minimum absolute atomic E-state index is 0.351. The Balaban J connectivity index is 1.25. The van der Waals surface area contributed by atoms with Crippen LogP contribution in [0.2, 0.25) is 0 Å². The van der Waals surface area contributed by atoms with Crippen LogP contribution in [0.15, 0.2) is 78.9 Å². The zero-order chi connectivity index (χ0) is 23.3. The van der Waals surface area contributed by atoms with E-state index in [1.54, 1.807) is 5.56 Å². The Labute approximate surface area is 206 Å². The molecule has 0 aliphatic carbocycles. The lowest BCUT2D eigenvalue weighted by Gasteiger charge is -2.43. The molecule has 5 rings (SSSR count). The third-order valence-electron chi connectivity index (χ3n) is 7.97. The zero-order valence-electron chi connectivity index (χ0n) is 20.9. The van der Waals surface area contributed by atoms with E-state index in [4.69, 9.17) is 0 Å². The smallest absolute Gasteiger partial charge is 0.0601 e. The molecule has 3 aromatic rings. The topological polar surface area (TPSA) is 9.72 Å². The highest BCUT2D eigenvalue weighted by molar-refractivity contribution is 5.51. The largest absolute Gasteiger partial charge is 0.372 e. The molecule has 1 fully saturated rings. The maximum Gasteiger partial charge on any atom is 0.0601 e. The first-order chi connectivity index (χ1) is 16.8. The Hall–Kier alpha value is -2.62. The molecule has 34 heavy (non-hydrogen) atoms. The molecule has 0 spiro atoms. The lowest BCUT2D eigenvalue weighted by Crippen LogP contribution is -2.47. The molecule has 3 aromatic carbocycles. The number of anilines is 1. The van der Waals surface area contributed by atoms with Gasteiger partial charge in [0.15, 0.2) is 0 Å². The number of rotatable bonds is 7. The van der Waals surface area contributed by atoms with Crippen LogP contribution in [-0.4, -0.2) is 48.6 Å². The molecule has 0 bridgehead atoms. The van der Waals surface area contributed by atoms with E-state index in [1.807, 2.05) is 0 Å². The molecule has 2 aliphatic heterocycles. The Morgan fingerprint density at radius 2 is 1.38 bits per heavy atom. The predicted molar refractivity (Wildman–Crippen MR) is 143 cm³/mol. The molecule has 0 amide bonds. The second kappa shape index (κ2) is 10.8. The number of hydrogen-bond acceptors (Lipinski definition) is 3. The molecule has 0 unspecified atom stereocenters. The van der Waals surface area contributed by atoms with E-state index in [0.29, 0.717) is 12.1 Å². The van der Waals surface area contributed by atoms with Crippen molar-refractivity contribution in [3.05, 3.63) is 101 Å². The molecule has 2 heterocycles. The highest BCUT2D eigenvalue weighted by Gasteiger charge is 2.31. The molecular weight excluding hydrogens is 414 g/mol. The van der Waals surface area contributed by atoms with Crippen molar-refractivity contribution in [3.63, 3.8) is 0 Å². The minimum atomic E-state index is 0.351. The van der Waals surface area contributed by atoms with Gasteiger partial charge in [0.25, 0.3) is 0 Å². The van der Waals surface area contributed by atoms with Crippen LogP contribution >= 0.6 is 0 Å². The first kappa shape index (κ1) is 23.1. The number of likely N-dealkylation sites (tertiary alicyclic amines) is 1. The number of nitrogens with zero attached hydrogens (tertiary/aromatic N) is 3. The van der Waals surface area contributed by atoms with Crippen molar-refractivity contribution in [1.29, 1.82) is 0 Å². The van der Waals surface area contributed by atoms with Crippen molar-refractivity contribution in [2.45, 2.75) is 51.7 Å². The Morgan fingerprint density at radius 3 is 1.97 bits per heavy atom. The lowest BCUT2D eigenvalue weighted by atomic mass is 9.92. The summed E-state index contributed by atoms with van der Waals surface area (Å²) in [6.45, 7) is 11.3. The van der Waals surface area contributed by atoms with Crippen molar-refractivity contribution in [2.24, 2.45) is 0 Å². The average molecular weight is 454 g/mol. The summed E-state index contributed by atoms with van der Waals surface area (Å²) in [4.78, 5) is 7.92. The van der Waals surface area contributed by atoms with Crippen molar-refractivity contribution in [3.8, 4) is 0 Å². The molecule has 0 atom stereocenters. The van der Waals surface area contributed by atoms with Gasteiger partial charge >= 0.3 is 0 Å². The summed E-state index contributed by atoms with van der Waals surface area (Å²) in [5, 5.41) is 0. The van der Waals surface area contributed by atoms with Crippen LogP contribution < -0.4 is 4.90 Å². The van der Waals surface area contributed by atoms with Crippen LogP contribution in [0, 0.1) is 0 Å². The standard InChI is InChI=1S/C31H39N3/c1-3-32(4-2)30-16-15-28-24-34(20-17-27(28)23-30)29-18-21-33(22-19-29)31(25-11-7-5-8-12-25)26-13-9-6-10-14-26/h5-16,23,29,31H,3-4,17-22,24H2,1-2H3. The van der Waals surface area contributed by atoms with E-state index in [1.165, 1.54) is 48.2 Å². The van der Waals surface area contributed by atoms with Crippen molar-refractivity contribution in [2.75, 3.05) is 37.6 Å². The van der Waals surface area contributed by atoms with Gasteiger partial charge in [-0.1, -0.05) is 66.7 Å². The monoisotopic (exact) mass is 453 g/mol. The van der Waals surface area contributed by atoms with Crippen LogP contribution in [0.25, 0.3) is 0 Å². The number of hydrogen-bond donors (Lipinski definition) is 0. The van der Waals surface area contributed by atoms with Gasteiger partial charge in [0.1, 0.15) is 0 Å². The fourth-order valence-electron chi connectivity index (χ4n) is 6.05. The lowest BCUT2D eigenvalue weighted by molar-refractivity contribution is 0.0843. The summed E-state index contributed by atoms with van der Waals surface area (Å²) in [6.07, 6.45) is 3.69. The maximum absolute atomic E-state index is 2.76. The van der Waals surface area contributed by atoms with E-state index in [-0.39, 0.29) is 0 Å². The molecule has 0 saturated carbocycles. The number of benzene rings is 3. The third kappa shape index (κ3) is 4.92. The van der Waals surface area contributed by atoms with Crippen molar-refractivity contribution >= 4 is 5.69 Å². The molecule has 3 nitrogen and oxygen atoms in total. The Morgan fingerprint density at radius 1 is 0.765 bits per heavy atom. The Kier molecular flexibility index (Phi) is 7.32. The molecule has 3 heteroatoms. The van der Waals surface area contributed by atoms with Gasteiger partial charge in [-0.15, -0.1) is 0 Å². The average Bonchev–Trinajstić information content (AvgIpc) is 2.91. The fourth-order valence-corrected chi connectivity index (χ4v) is 6.05. The minimum Gasteiger partial charge on any atom is -0.372 e. The van der Waals surface area contributed by atoms with Gasteiger partial charge in [0, 0.05) is 51.0 Å². The van der Waals surface area contributed by atoms with Crippen LogP contribution in [0.3, 0.4) is 0 Å². The van der Waals surface area contributed by atoms with Crippen LogP contribution in [0.5, 0.6) is 0 Å². The molecule has 0 N–H and O–H groups in total. The first-order valence-electron chi connectivity index (χ1n) is 13.2. The molecule has 2 aliphatic rings. The molecule has 178 valence electrons. The highest BCUT2D eigenvalue weighted by atomic mass is 15.2. The molecule has 0 radical (unpaired) electrons. The van der Waals surface area contributed by atoms with Crippen LogP contribution in [0.1, 0.15) is 55.0 Å². The molecular formula is C31H39N3. The number of fused-ring (bicyclic) bond motifs is 1. The summed E-state index contributed by atoms with van der Waals surface area (Å²) in [5.41, 5.74) is 7.30. The van der Waals surface area contributed by atoms with Crippen molar-refractivity contribution in [1.82, 2.24) is 9.80 Å².